The van der Waals surface area contributed by atoms with E-state index in [1.54, 1.807) is 0 Å². The molecule has 0 radical (unpaired) electrons. The second kappa shape index (κ2) is 8.63. The smallest absolute Gasteiger partial charge is 0.203 e. The van der Waals surface area contributed by atoms with E-state index in [0.29, 0.717) is 43.0 Å². The quantitative estimate of drug-likeness (QED) is 0.820. The number of nitrogens with one attached hydrogen (secondary N) is 1. The predicted octanol–water partition coefficient (Wildman–Crippen LogP) is 2.73. The summed E-state index contributed by atoms with van der Waals surface area (Å²) in [7, 11) is 0. The van der Waals surface area contributed by atoms with Gasteiger partial charge in [0.25, 0.3) is 0 Å². The van der Waals surface area contributed by atoms with Gasteiger partial charge in [-0.25, -0.2) is 0 Å². The van der Waals surface area contributed by atoms with Crippen LogP contribution in [0.2, 0.25) is 0 Å². The molecular formula is C22H27NO4. The largest absolute Gasteiger partial charge is 0.489 e. The lowest BCUT2D eigenvalue weighted by molar-refractivity contribution is 0.101. The summed E-state index contributed by atoms with van der Waals surface area (Å²) in [4.78, 5) is 0. The monoisotopic (exact) mass is 369 g/mol. The van der Waals surface area contributed by atoms with Crippen molar-refractivity contribution >= 4 is 0 Å². The van der Waals surface area contributed by atoms with Crippen LogP contribution in [0.15, 0.2) is 42.5 Å². The zero-order chi connectivity index (χ0) is 18.5. The number of aliphatic hydroxyl groups excluding tert-OH is 1. The van der Waals surface area contributed by atoms with Crippen molar-refractivity contribution < 1.29 is 19.3 Å². The number of ether oxygens (including phenoxy) is 3. The van der Waals surface area contributed by atoms with Crippen LogP contribution in [0.25, 0.3) is 0 Å². The van der Waals surface area contributed by atoms with E-state index >= 15 is 0 Å². The Labute approximate surface area is 160 Å². The molecule has 0 saturated heterocycles. The second-order valence-corrected chi connectivity index (χ2v) is 7.22. The fraction of sp³-hybridized carbons (Fsp3) is 0.455. The average molecular weight is 369 g/mol. The summed E-state index contributed by atoms with van der Waals surface area (Å²) in [5.41, 5.74) is 2.86. The van der Waals surface area contributed by atoms with E-state index in [9.17, 15) is 5.11 Å². The molecule has 2 aliphatic rings. The number of para-hydroxylation sites is 1. The van der Waals surface area contributed by atoms with Crippen LogP contribution in [0, 0.1) is 0 Å². The highest BCUT2D eigenvalue weighted by Crippen LogP contribution is 2.38. The molecule has 2 N–H and O–H groups in total. The van der Waals surface area contributed by atoms with Gasteiger partial charge >= 0.3 is 0 Å². The molecule has 2 unspecified atom stereocenters. The van der Waals surface area contributed by atoms with Gasteiger partial charge in [-0.1, -0.05) is 30.3 Å². The maximum atomic E-state index is 10.3. The number of hydrogen-bond donors (Lipinski definition) is 2. The lowest BCUT2D eigenvalue weighted by Crippen LogP contribution is -2.40. The van der Waals surface area contributed by atoms with Crippen molar-refractivity contribution in [3.05, 3.63) is 53.6 Å². The summed E-state index contributed by atoms with van der Waals surface area (Å²) in [6.45, 7) is 1.99. The number of rotatable bonds is 6. The van der Waals surface area contributed by atoms with Gasteiger partial charge in [0.2, 0.25) is 5.75 Å². The van der Waals surface area contributed by atoms with Crippen molar-refractivity contribution in [1.82, 2.24) is 5.32 Å². The molecule has 1 heterocycles. The van der Waals surface area contributed by atoms with Gasteiger partial charge in [-0.05, 0) is 42.5 Å². The first-order valence-corrected chi connectivity index (χ1v) is 9.79. The van der Waals surface area contributed by atoms with Crippen molar-refractivity contribution in [1.29, 1.82) is 0 Å². The van der Waals surface area contributed by atoms with Gasteiger partial charge in [-0.15, -0.1) is 0 Å². The maximum absolute atomic E-state index is 10.3. The molecular weight excluding hydrogens is 342 g/mol. The van der Waals surface area contributed by atoms with Gasteiger partial charge in [0.05, 0.1) is 13.2 Å². The third-order valence-electron chi connectivity index (χ3n) is 5.16. The molecule has 0 spiro atoms. The predicted molar refractivity (Wildman–Crippen MR) is 104 cm³/mol. The minimum atomic E-state index is -0.579. The highest BCUT2D eigenvalue weighted by Gasteiger charge is 2.20. The van der Waals surface area contributed by atoms with E-state index in [4.69, 9.17) is 14.2 Å². The van der Waals surface area contributed by atoms with Gasteiger partial charge in [0.15, 0.2) is 11.5 Å². The molecule has 0 fully saturated rings. The van der Waals surface area contributed by atoms with Gasteiger partial charge in [0.1, 0.15) is 12.7 Å². The van der Waals surface area contributed by atoms with Crippen molar-refractivity contribution in [2.24, 2.45) is 0 Å². The number of fused-ring (bicyclic) bond motifs is 2. The summed E-state index contributed by atoms with van der Waals surface area (Å²) in [6.07, 6.45) is 3.48. The molecule has 1 aliphatic heterocycles. The van der Waals surface area contributed by atoms with Crippen molar-refractivity contribution in [2.45, 2.75) is 37.8 Å². The van der Waals surface area contributed by atoms with Crippen LogP contribution in [0.5, 0.6) is 17.2 Å². The number of aliphatic hydroxyl groups is 1. The van der Waals surface area contributed by atoms with Crippen LogP contribution in [0.3, 0.4) is 0 Å². The molecule has 0 saturated carbocycles. The normalized spacial score (nSPS) is 19.7. The zero-order valence-corrected chi connectivity index (χ0v) is 15.5. The van der Waals surface area contributed by atoms with E-state index in [1.165, 1.54) is 11.1 Å². The SMILES string of the molecule is OC(CNC1CCc2ccccc2C1)COc1cccc2c1OCCCO2. The molecule has 0 bridgehead atoms. The highest BCUT2D eigenvalue weighted by molar-refractivity contribution is 5.51. The Morgan fingerprint density at radius 2 is 1.93 bits per heavy atom. The van der Waals surface area contributed by atoms with Crippen LogP contribution < -0.4 is 19.5 Å². The molecule has 144 valence electrons. The summed E-state index contributed by atoms with van der Waals surface area (Å²) >= 11 is 0. The Balaban J connectivity index is 1.27. The second-order valence-electron chi connectivity index (χ2n) is 7.22. The zero-order valence-electron chi connectivity index (χ0n) is 15.5. The molecule has 2 aromatic rings. The molecule has 0 aromatic heterocycles. The Morgan fingerprint density at radius 1 is 1.07 bits per heavy atom. The van der Waals surface area contributed by atoms with Crippen LogP contribution in [-0.2, 0) is 12.8 Å². The van der Waals surface area contributed by atoms with Crippen LogP contribution in [0.4, 0.5) is 0 Å². The Morgan fingerprint density at radius 3 is 2.85 bits per heavy atom. The summed E-state index contributed by atoms with van der Waals surface area (Å²) in [5, 5.41) is 13.8. The van der Waals surface area contributed by atoms with Gasteiger partial charge in [-0.3, -0.25) is 0 Å². The number of benzene rings is 2. The fourth-order valence-corrected chi connectivity index (χ4v) is 3.70. The van der Waals surface area contributed by atoms with E-state index in [1.807, 2.05) is 18.2 Å². The molecule has 5 nitrogen and oxygen atoms in total. The lowest BCUT2D eigenvalue weighted by atomic mass is 9.88. The van der Waals surface area contributed by atoms with E-state index in [0.717, 1.165) is 25.7 Å². The molecule has 5 heteroatoms. The number of aryl methyl sites for hydroxylation is 1. The van der Waals surface area contributed by atoms with Crippen LogP contribution in [0.1, 0.15) is 24.0 Å². The summed E-state index contributed by atoms with van der Waals surface area (Å²) in [5.74, 6) is 1.97. The molecule has 2 atom stereocenters. The molecule has 27 heavy (non-hydrogen) atoms. The first-order chi connectivity index (χ1) is 13.3. The topological polar surface area (TPSA) is 60.0 Å². The van der Waals surface area contributed by atoms with Crippen LogP contribution in [-0.4, -0.2) is 43.6 Å². The first kappa shape index (κ1) is 18.1. The maximum Gasteiger partial charge on any atom is 0.203 e. The average Bonchev–Trinajstić information content (AvgIpc) is 2.96. The van der Waals surface area contributed by atoms with Gasteiger partial charge < -0.3 is 24.6 Å². The highest BCUT2D eigenvalue weighted by atomic mass is 16.6. The van der Waals surface area contributed by atoms with E-state index < -0.39 is 6.10 Å². The summed E-state index contributed by atoms with van der Waals surface area (Å²) < 4.78 is 17.2. The Kier molecular flexibility index (Phi) is 5.80. The fourth-order valence-electron chi connectivity index (χ4n) is 3.70. The summed E-state index contributed by atoms with van der Waals surface area (Å²) in [6, 6.07) is 14.6. The van der Waals surface area contributed by atoms with Gasteiger partial charge in [0, 0.05) is 19.0 Å². The molecule has 0 amide bonds. The number of hydrogen-bond acceptors (Lipinski definition) is 5. The third kappa shape index (κ3) is 4.54. The Bertz CT molecular complexity index is 764. The molecule has 2 aromatic carbocycles. The van der Waals surface area contributed by atoms with Gasteiger partial charge in [-0.2, -0.15) is 0 Å². The van der Waals surface area contributed by atoms with E-state index in [2.05, 4.69) is 29.6 Å². The minimum Gasteiger partial charge on any atom is -0.489 e. The van der Waals surface area contributed by atoms with Crippen molar-refractivity contribution in [2.75, 3.05) is 26.4 Å². The van der Waals surface area contributed by atoms with Crippen molar-refractivity contribution in [3.63, 3.8) is 0 Å². The standard InChI is InChI=1S/C22H27NO4/c24-19(14-23-18-10-9-16-5-1-2-6-17(16)13-18)15-27-21-8-3-7-20-22(21)26-12-4-11-25-20/h1-3,5-8,18-19,23-24H,4,9-15H2. The Hall–Kier alpha value is -2.24. The van der Waals surface area contributed by atoms with E-state index in [-0.39, 0.29) is 6.61 Å². The molecule has 4 rings (SSSR count). The first-order valence-electron chi connectivity index (χ1n) is 9.79. The van der Waals surface area contributed by atoms with Crippen molar-refractivity contribution in [3.8, 4) is 17.2 Å². The lowest BCUT2D eigenvalue weighted by Gasteiger charge is -2.26. The minimum absolute atomic E-state index is 0.218. The third-order valence-corrected chi connectivity index (χ3v) is 5.16. The molecule has 1 aliphatic carbocycles. The van der Waals surface area contributed by atoms with Crippen LogP contribution >= 0.6 is 0 Å².